The second-order valence-electron chi connectivity index (χ2n) is 4.78. The Balaban J connectivity index is 2.00. The molecule has 1 amide bonds. The number of rotatable bonds is 5. The first kappa shape index (κ1) is 17.0. The number of halogens is 1. The molecule has 120 valence electrons. The van der Waals surface area contributed by atoms with Gasteiger partial charge in [-0.25, -0.2) is 4.79 Å². The summed E-state index contributed by atoms with van der Waals surface area (Å²) < 4.78 is 11.2. The van der Waals surface area contributed by atoms with E-state index in [0.29, 0.717) is 17.0 Å². The Labute approximate surface area is 142 Å². The van der Waals surface area contributed by atoms with Gasteiger partial charge in [0.2, 0.25) is 0 Å². The minimum atomic E-state index is -0.716. The van der Waals surface area contributed by atoms with Crippen LogP contribution >= 0.6 is 15.9 Å². The molecule has 0 aliphatic carbocycles. The van der Waals surface area contributed by atoms with Crippen molar-refractivity contribution in [3.8, 4) is 5.75 Å². The Morgan fingerprint density at radius 3 is 2.48 bits per heavy atom. The van der Waals surface area contributed by atoms with Gasteiger partial charge in [0, 0.05) is 10.2 Å². The maximum Gasteiger partial charge on any atom is 0.337 e. The van der Waals surface area contributed by atoms with Gasteiger partial charge in [0.25, 0.3) is 5.91 Å². The van der Waals surface area contributed by atoms with Crippen molar-refractivity contribution in [2.75, 3.05) is 12.4 Å². The van der Waals surface area contributed by atoms with Crippen LogP contribution in [0.1, 0.15) is 17.3 Å². The first-order valence-electron chi connectivity index (χ1n) is 6.91. The molecule has 0 unspecified atom stereocenters. The zero-order valence-electron chi connectivity index (χ0n) is 12.7. The van der Waals surface area contributed by atoms with E-state index in [0.717, 1.165) is 4.47 Å². The standard InChI is InChI=1S/C17H16BrNO4/c1-11(16(20)19-14-8-6-13(18)7-9-14)23-15-5-3-4-12(10-15)17(21)22-2/h3-11H,1-2H3,(H,19,20)/t11-/m1/s1. The number of nitrogens with one attached hydrogen (secondary N) is 1. The predicted molar refractivity (Wildman–Crippen MR) is 90.6 cm³/mol. The molecule has 2 aromatic carbocycles. The molecule has 0 radical (unpaired) electrons. The third kappa shape index (κ3) is 4.82. The summed E-state index contributed by atoms with van der Waals surface area (Å²) in [5.41, 5.74) is 1.04. The molecular weight excluding hydrogens is 362 g/mol. The van der Waals surface area contributed by atoms with E-state index < -0.39 is 12.1 Å². The van der Waals surface area contributed by atoms with Gasteiger partial charge in [0.1, 0.15) is 5.75 Å². The number of anilines is 1. The SMILES string of the molecule is COC(=O)c1cccc(O[C@H](C)C(=O)Nc2ccc(Br)cc2)c1. The number of ether oxygens (including phenoxy) is 2. The third-order valence-electron chi connectivity index (χ3n) is 3.05. The molecule has 0 heterocycles. The minimum absolute atomic E-state index is 0.282. The van der Waals surface area contributed by atoms with Crippen LogP contribution in [0.2, 0.25) is 0 Å². The Morgan fingerprint density at radius 1 is 1.13 bits per heavy atom. The Hall–Kier alpha value is -2.34. The van der Waals surface area contributed by atoms with Gasteiger partial charge >= 0.3 is 5.97 Å². The van der Waals surface area contributed by atoms with Crippen molar-refractivity contribution in [1.29, 1.82) is 0 Å². The largest absolute Gasteiger partial charge is 0.481 e. The van der Waals surface area contributed by atoms with Gasteiger partial charge < -0.3 is 14.8 Å². The van der Waals surface area contributed by atoms with Crippen molar-refractivity contribution in [2.24, 2.45) is 0 Å². The molecule has 2 aromatic rings. The van der Waals surface area contributed by atoms with E-state index in [1.165, 1.54) is 13.2 Å². The topological polar surface area (TPSA) is 64.6 Å². The molecule has 23 heavy (non-hydrogen) atoms. The average molecular weight is 378 g/mol. The van der Waals surface area contributed by atoms with Gasteiger partial charge in [-0.05, 0) is 49.4 Å². The van der Waals surface area contributed by atoms with E-state index in [4.69, 9.17) is 4.74 Å². The van der Waals surface area contributed by atoms with Crippen molar-refractivity contribution >= 4 is 33.5 Å². The van der Waals surface area contributed by atoms with Crippen LogP contribution in [0, 0.1) is 0 Å². The minimum Gasteiger partial charge on any atom is -0.481 e. The second kappa shape index (κ2) is 7.78. The lowest BCUT2D eigenvalue weighted by atomic mass is 10.2. The fourth-order valence-corrected chi connectivity index (χ4v) is 2.11. The highest BCUT2D eigenvalue weighted by atomic mass is 79.9. The van der Waals surface area contributed by atoms with Crippen molar-refractivity contribution in [1.82, 2.24) is 0 Å². The van der Waals surface area contributed by atoms with Crippen LogP contribution in [-0.4, -0.2) is 25.1 Å². The van der Waals surface area contributed by atoms with E-state index >= 15 is 0 Å². The van der Waals surface area contributed by atoms with E-state index in [9.17, 15) is 9.59 Å². The van der Waals surface area contributed by atoms with E-state index in [1.54, 1.807) is 37.3 Å². The lowest BCUT2D eigenvalue weighted by molar-refractivity contribution is -0.122. The van der Waals surface area contributed by atoms with Gasteiger partial charge in [-0.1, -0.05) is 22.0 Å². The highest BCUT2D eigenvalue weighted by Gasteiger charge is 2.16. The number of methoxy groups -OCH3 is 1. The average Bonchev–Trinajstić information content (AvgIpc) is 2.56. The molecular formula is C17H16BrNO4. The van der Waals surface area contributed by atoms with Crippen LogP contribution in [0.3, 0.4) is 0 Å². The Morgan fingerprint density at radius 2 is 1.83 bits per heavy atom. The van der Waals surface area contributed by atoms with E-state index in [1.807, 2.05) is 12.1 Å². The van der Waals surface area contributed by atoms with Gasteiger partial charge in [-0.3, -0.25) is 4.79 Å². The summed E-state index contributed by atoms with van der Waals surface area (Å²) in [6, 6.07) is 13.7. The van der Waals surface area contributed by atoms with Gasteiger partial charge in [-0.15, -0.1) is 0 Å². The molecule has 1 N–H and O–H groups in total. The highest BCUT2D eigenvalue weighted by Crippen LogP contribution is 2.17. The molecule has 0 aromatic heterocycles. The number of carbonyl (C=O) groups is 2. The molecule has 0 aliphatic rings. The second-order valence-corrected chi connectivity index (χ2v) is 5.69. The predicted octanol–water partition coefficient (Wildman–Crippen LogP) is 3.64. The maximum absolute atomic E-state index is 12.1. The molecule has 0 fully saturated rings. The zero-order valence-corrected chi connectivity index (χ0v) is 14.3. The first-order chi connectivity index (χ1) is 11.0. The molecule has 5 nitrogen and oxygen atoms in total. The number of esters is 1. The monoisotopic (exact) mass is 377 g/mol. The van der Waals surface area contributed by atoms with Crippen LogP contribution in [-0.2, 0) is 9.53 Å². The summed E-state index contributed by atoms with van der Waals surface area (Å²) in [4.78, 5) is 23.6. The number of hydrogen-bond acceptors (Lipinski definition) is 4. The molecule has 0 saturated carbocycles. The molecule has 1 atom stereocenters. The lowest BCUT2D eigenvalue weighted by Gasteiger charge is -2.15. The van der Waals surface area contributed by atoms with E-state index in [-0.39, 0.29) is 5.91 Å². The third-order valence-corrected chi connectivity index (χ3v) is 3.58. The quantitative estimate of drug-likeness (QED) is 0.807. The van der Waals surface area contributed by atoms with Crippen LogP contribution in [0.15, 0.2) is 53.0 Å². The zero-order chi connectivity index (χ0) is 16.8. The molecule has 6 heteroatoms. The number of hydrogen-bond donors (Lipinski definition) is 1. The van der Waals surface area contributed by atoms with Crippen LogP contribution < -0.4 is 10.1 Å². The fraction of sp³-hybridized carbons (Fsp3) is 0.176. The van der Waals surface area contributed by atoms with Crippen molar-refractivity contribution in [3.63, 3.8) is 0 Å². The molecule has 0 spiro atoms. The summed E-state index contributed by atoms with van der Waals surface area (Å²) >= 11 is 3.33. The highest BCUT2D eigenvalue weighted by molar-refractivity contribution is 9.10. The normalized spacial score (nSPS) is 11.4. The summed E-state index contributed by atoms with van der Waals surface area (Å²) in [6.07, 6.45) is -0.716. The maximum atomic E-state index is 12.1. The fourth-order valence-electron chi connectivity index (χ4n) is 1.85. The summed E-state index contributed by atoms with van der Waals surface area (Å²) in [6.45, 7) is 1.64. The molecule has 0 saturated heterocycles. The summed E-state index contributed by atoms with van der Waals surface area (Å²) in [5.74, 6) is -0.315. The van der Waals surface area contributed by atoms with Gasteiger partial charge in [0.05, 0.1) is 12.7 Å². The van der Waals surface area contributed by atoms with Gasteiger partial charge in [0.15, 0.2) is 6.10 Å². The smallest absolute Gasteiger partial charge is 0.337 e. The molecule has 0 bridgehead atoms. The van der Waals surface area contributed by atoms with Gasteiger partial charge in [-0.2, -0.15) is 0 Å². The van der Waals surface area contributed by atoms with Crippen LogP contribution in [0.5, 0.6) is 5.75 Å². The van der Waals surface area contributed by atoms with Crippen LogP contribution in [0.4, 0.5) is 5.69 Å². The molecule has 0 aliphatic heterocycles. The van der Waals surface area contributed by atoms with Crippen molar-refractivity contribution in [3.05, 3.63) is 58.6 Å². The lowest BCUT2D eigenvalue weighted by Crippen LogP contribution is -2.30. The number of carbonyl (C=O) groups excluding carboxylic acids is 2. The summed E-state index contributed by atoms with van der Waals surface area (Å²) in [5, 5.41) is 2.76. The Bertz CT molecular complexity index is 700. The number of benzene rings is 2. The van der Waals surface area contributed by atoms with Crippen LogP contribution in [0.25, 0.3) is 0 Å². The van der Waals surface area contributed by atoms with Crippen molar-refractivity contribution in [2.45, 2.75) is 13.0 Å². The van der Waals surface area contributed by atoms with Crippen molar-refractivity contribution < 1.29 is 19.1 Å². The Kier molecular flexibility index (Phi) is 5.76. The first-order valence-corrected chi connectivity index (χ1v) is 7.70. The number of amides is 1. The summed E-state index contributed by atoms with van der Waals surface area (Å²) in [7, 11) is 1.31. The molecule has 2 rings (SSSR count). The van der Waals surface area contributed by atoms with E-state index in [2.05, 4.69) is 26.0 Å².